The number of fused-ring (bicyclic) bond motifs is 3. The van der Waals surface area contributed by atoms with Gasteiger partial charge in [-0.2, -0.15) is 5.10 Å². The number of para-hydroxylation sites is 1. The maximum atomic E-state index is 11.2. The number of hydrogen-bond donors (Lipinski definition) is 0. The van der Waals surface area contributed by atoms with Gasteiger partial charge < -0.3 is 4.74 Å². The fourth-order valence-corrected chi connectivity index (χ4v) is 5.04. The van der Waals surface area contributed by atoms with E-state index in [-0.39, 0.29) is 16.7 Å². The highest BCUT2D eigenvalue weighted by atomic mass is 79.9. The summed E-state index contributed by atoms with van der Waals surface area (Å²) < 4.78 is 7.30. The van der Waals surface area contributed by atoms with Crippen LogP contribution in [0.1, 0.15) is 34.7 Å². The van der Waals surface area contributed by atoms with Gasteiger partial charge in [-0.25, -0.2) is 5.01 Å². The first kappa shape index (κ1) is 17.4. The van der Waals surface area contributed by atoms with Crippen LogP contribution in [-0.4, -0.2) is 15.6 Å². The van der Waals surface area contributed by atoms with Gasteiger partial charge in [0.1, 0.15) is 5.75 Å². The predicted molar refractivity (Wildman–Crippen MR) is 111 cm³/mol. The summed E-state index contributed by atoms with van der Waals surface area (Å²) >= 11 is 5.16. The molecule has 0 saturated carbocycles. The zero-order valence-corrected chi connectivity index (χ0v) is 16.9. The summed E-state index contributed by atoms with van der Waals surface area (Å²) in [5.74, 6) is 0.795. The molecule has 2 atom stereocenters. The number of nitro groups is 1. The molecule has 0 N–H and O–H groups in total. The van der Waals surface area contributed by atoms with Crippen LogP contribution in [0.2, 0.25) is 0 Å². The summed E-state index contributed by atoms with van der Waals surface area (Å²) in [6.45, 7) is 0. The standard InChI is InChI=1S/C20H14BrN3O3S/c21-19-9-8-18(28-19)15-11-16-14-6-1-2-7-17(14)27-20(23(16)22-15)12-4-3-5-13(10-12)24(25)26/h1-10,16,20H,11H2. The first-order valence-corrected chi connectivity index (χ1v) is 10.3. The van der Waals surface area contributed by atoms with Crippen LogP contribution in [0.15, 0.2) is 69.6 Å². The molecule has 2 aliphatic rings. The van der Waals surface area contributed by atoms with Crippen LogP contribution in [0.5, 0.6) is 5.75 Å². The summed E-state index contributed by atoms with van der Waals surface area (Å²) in [4.78, 5) is 11.9. The molecule has 140 valence electrons. The molecule has 0 spiro atoms. The Bertz CT molecular complexity index is 1110. The number of thiophene rings is 1. The van der Waals surface area contributed by atoms with Gasteiger partial charge in [0.15, 0.2) is 0 Å². The van der Waals surface area contributed by atoms with Crippen LogP contribution in [-0.2, 0) is 0 Å². The molecule has 0 saturated heterocycles. The van der Waals surface area contributed by atoms with E-state index >= 15 is 0 Å². The molecule has 0 fully saturated rings. The van der Waals surface area contributed by atoms with Crippen molar-refractivity contribution in [2.45, 2.75) is 18.7 Å². The Balaban J connectivity index is 1.60. The average molecular weight is 456 g/mol. The maximum Gasteiger partial charge on any atom is 0.269 e. The van der Waals surface area contributed by atoms with E-state index in [9.17, 15) is 10.1 Å². The second-order valence-corrected chi connectivity index (χ2v) is 9.07. The van der Waals surface area contributed by atoms with Gasteiger partial charge >= 0.3 is 0 Å². The summed E-state index contributed by atoms with van der Waals surface area (Å²) in [6.07, 6.45) is 0.249. The topological polar surface area (TPSA) is 68.0 Å². The third-order valence-corrected chi connectivity index (χ3v) is 6.60. The fourth-order valence-electron chi connectivity index (χ4n) is 3.66. The van der Waals surface area contributed by atoms with Gasteiger partial charge in [0.2, 0.25) is 6.23 Å². The predicted octanol–water partition coefficient (Wildman–Crippen LogP) is 5.66. The van der Waals surface area contributed by atoms with Crippen molar-refractivity contribution in [3.8, 4) is 5.75 Å². The number of non-ortho nitro benzene ring substituents is 1. The van der Waals surface area contributed by atoms with Crippen molar-refractivity contribution in [2.24, 2.45) is 5.10 Å². The molecule has 5 rings (SSSR count). The molecular formula is C20H14BrN3O3S. The number of ether oxygens (including phenoxy) is 1. The fraction of sp³-hybridized carbons (Fsp3) is 0.150. The van der Waals surface area contributed by atoms with E-state index in [1.165, 1.54) is 6.07 Å². The summed E-state index contributed by atoms with van der Waals surface area (Å²) in [6, 6.07) is 18.6. The molecule has 2 aromatic carbocycles. The minimum atomic E-state index is -0.513. The van der Waals surface area contributed by atoms with E-state index in [2.05, 4.69) is 28.1 Å². The molecule has 3 heterocycles. The summed E-state index contributed by atoms with van der Waals surface area (Å²) in [5.41, 5.74) is 2.84. The average Bonchev–Trinajstić information content (AvgIpc) is 3.34. The highest BCUT2D eigenvalue weighted by Crippen LogP contribution is 2.48. The van der Waals surface area contributed by atoms with Crippen molar-refractivity contribution >= 4 is 38.7 Å². The van der Waals surface area contributed by atoms with Crippen molar-refractivity contribution in [3.63, 3.8) is 0 Å². The quantitative estimate of drug-likeness (QED) is 0.377. The molecule has 0 radical (unpaired) electrons. The molecule has 3 aromatic rings. The molecule has 28 heavy (non-hydrogen) atoms. The molecule has 1 aromatic heterocycles. The lowest BCUT2D eigenvalue weighted by molar-refractivity contribution is -0.385. The summed E-state index contributed by atoms with van der Waals surface area (Å²) in [5, 5.41) is 18.0. The van der Waals surface area contributed by atoms with Crippen molar-refractivity contribution in [3.05, 3.63) is 90.6 Å². The molecule has 2 aliphatic heterocycles. The van der Waals surface area contributed by atoms with Crippen LogP contribution < -0.4 is 4.74 Å². The van der Waals surface area contributed by atoms with Crippen LogP contribution >= 0.6 is 27.3 Å². The van der Waals surface area contributed by atoms with Gasteiger partial charge in [-0.15, -0.1) is 11.3 Å². The Labute approximate surface area is 173 Å². The minimum absolute atomic E-state index is 0.0325. The number of benzene rings is 2. The Morgan fingerprint density at radius 2 is 2.04 bits per heavy atom. The monoisotopic (exact) mass is 455 g/mol. The van der Waals surface area contributed by atoms with E-state index in [1.54, 1.807) is 23.5 Å². The van der Waals surface area contributed by atoms with Gasteiger partial charge in [-0.1, -0.05) is 30.3 Å². The SMILES string of the molecule is O=[N+]([O-])c1cccc(C2Oc3ccccc3C3CC(c4ccc(Br)s4)=NN32)c1. The molecule has 0 amide bonds. The number of hydrazone groups is 1. The molecule has 0 aliphatic carbocycles. The number of nitro benzene ring substituents is 1. The highest BCUT2D eigenvalue weighted by molar-refractivity contribution is 9.11. The van der Waals surface area contributed by atoms with Crippen molar-refractivity contribution in [2.75, 3.05) is 0 Å². The zero-order chi connectivity index (χ0) is 19.3. The lowest BCUT2D eigenvalue weighted by Crippen LogP contribution is -2.33. The largest absolute Gasteiger partial charge is 0.464 e. The normalized spacial score (nSPS) is 20.2. The molecule has 0 bridgehead atoms. The van der Waals surface area contributed by atoms with Gasteiger partial charge in [0.25, 0.3) is 5.69 Å². The number of halogens is 1. The van der Waals surface area contributed by atoms with E-state index in [1.807, 2.05) is 35.3 Å². The van der Waals surface area contributed by atoms with E-state index in [0.29, 0.717) is 5.56 Å². The first-order chi connectivity index (χ1) is 13.6. The third kappa shape index (κ3) is 2.89. The van der Waals surface area contributed by atoms with Crippen LogP contribution in [0.25, 0.3) is 0 Å². The number of rotatable bonds is 3. The van der Waals surface area contributed by atoms with Gasteiger partial charge in [-0.05, 0) is 34.1 Å². The van der Waals surface area contributed by atoms with Crippen LogP contribution in [0.3, 0.4) is 0 Å². The molecule has 2 unspecified atom stereocenters. The van der Waals surface area contributed by atoms with Gasteiger partial charge in [-0.3, -0.25) is 10.1 Å². The second-order valence-electron chi connectivity index (χ2n) is 6.61. The van der Waals surface area contributed by atoms with Gasteiger partial charge in [0.05, 0.1) is 25.3 Å². The van der Waals surface area contributed by atoms with E-state index in [0.717, 1.165) is 32.1 Å². The lowest BCUT2D eigenvalue weighted by atomic mass is 9.97. The minimum Gasteiger partial charge on any atom is -0.464 e. The van der Waals surface area contributed by atoms with Crippen LogP contribution in [0.4, 0.5) is 5.69 Å². The maximum absolute atomic E-state index is 11.2. The number of hydrogen-bond acceptors (Lipinski definition) is 6. The molecular weight excluding hydrogens is 442 g/mol. The van der Waals surface area contributed by atoms with Crippen molar-refractivity contribution < 1.29 is 9.66 Å². The Morgan fingerprint density at radius 1 is 1.18 bits per heavy atom. The second kappa shape index (κ2) is 6.72. The lowest BCUT2D eigenvalue weighted by Gasteiger charge is -2.38. The third-order valence-electron chi connectivity index (χ3n) is 4.92. The van der Waals surface area contributed by atoms with Crippen molar-refractivity contribution in [1.82, 2.24) is 5.01 Å². The van der Waals surface area contributed by atoms with E-state index < -0.39 is 6.23 Å². The Hall–Kier alpha value is -2.71. The smallest absolute Gasteiger partial charge is 0.269 e. The van der Waals surface area contributed by atoms with Gasteiger partial charge in [0, 0.05) is 29.7 Å². The van der Waals surface area contributed by atoms with Crippen LogP contribution in [0, 0.1) is 10.1 Å². The highest BCUT2D eigenvalue weighted by Gasteiger charge is 2.41. The van der Waals surface area contributed by atoms with Crippen molar-refractivity contribution in [1.29, 1.82) is 0 Å². The molecule has 8 heteroatoms. The number of nitrogens with zero attached hydrogens (tertiary/aromatic N) is 3. The first-order valence-electron chi connectivity index (χ1n) is 8.71. The molecule has 6 nitrogen and oxygen atoms in total. The summed E-state index contributed by atoms with van der Waals surface area (Å²) in [7, 11) is 0. The van der Waals surface area contributed by atoms with E-state index in [4.69, 9.17) is 9.84 Å². The Morgan fingerprint density at radius 3 is 2.82 bits per heavy atom. The Kier molecular flexibility index (Phi) is 4.17. The zero-order valence-electron chi connectivity index (χ0n) is 14.5.